The van der Waals surface area contributed by atoms with E-state index in [-0.39, 0.29) is 23.0 Å². The predicted molar refractivity (Wildman–Crippen MR) is 85.5 cm³/mol. The number of aliphatic carboxylic acids is 1. The lowest BCUT2D eigenvalue weighted by Crippen LogP contribution is -2.40. The zero-order valence-corrected chi connectivity index (χ0v) is 13.8. The molecular weight excluding hydrogens is 321 g/mol. The summed E-state index contributed by atoms with van der Waals surface area (Å²) in [6.45, 7) is 3.73. The molecule has 0 aromatic heterocycles. The van der Waals surface area contributed by atoms with Gasteiger partial charge in [0.05, 0.1) is 11.8 Å². The zero-order valence-electron chi connectivity index (χ0n) is 13.0. The topological polar surface area (TPSA) is 66.4 Å². The van der Waals surface area contributed by atoms with E-state index in [1.807, 2.05) is 13.8 Å². The first-order valence-electron chi connectivity index (χ1n) is 7.40. The van der Waals surface area contributed by atoms with Crippen molar-refractivity contribution < 1.29 is 19.1 Å². The van der Waals surface area contributed by atoms with Crippen molar-refractivity contribution in [2.45, 2.75) is 33.2 Å². The molecule has 1 aromatic rings. The molecule has 0 aliphatic heterocycles. The number of rotatable bonds is 4. The highest BCUT2D eigenvalue weighted by atomic mass is 35.5. The molecule has 2 N–H and O–H groups in total. The second-order valence-corrected chi connectivity index (χ2v) is 6.35. The third kappa shape index (κ3) is 3.91. The van der Waals surface area contributed by atoms with Crippen LogP contribution in [0.1, 0.15) is 32.3 Å². The molecule has 1 aromatic carbocycles. The average molecular weight is 340 g/mol. The summed E-state index contributed by atoms with van der Waals surface area (Å²) in [5, 5.41) is 12.2. The van der Waals surface area contributed by atoms with Crippen LogP contribution in [0.4, 0.5) is 4.39 Å². The third-order valence-electron chi connectivity index (χ3n) is 4.42. The maximum atomic E-state index is 13.7. The SMILES string of the molecule is CC1=C(C)C[C@H](C(=O)NCc2c(F)cccc2Cl)[C@@H](C(=O)O)C1. The molecule has 6 heteroatoms. The largest absolute Gasteiger partial charge is 0.481 e. The number of carbonyl (C=O) groups excluding carboxylic acids is 1. The highest BCUT2D eigenvalue weighted by Crippen LogP contribution is 2.34. The van der Waals surface area contributed by atoms with Gasteiger partial charge in [-0.25, -0.2) is 4.39 Å². The Labute approximate surface area is 139 Å². The normalized spacial score (nSPS) is 21.2. The molecule has 2 atom stereocenters. The van der Waals surface area contributed by atoms with Crippen LogP contribution in [-0.4, -0.2) is 17.0 Å². The van der Waals surface area contributed by atoms with E-state index in [4.69, 9.17) is 11.6 Å². The van der Waals surface area contributed by atoms with E-state index in [0.29, 0.717) is 12.8 Å². The molecule has 0 unspecified atom stereocenters. The van der Waals surface area contributed by atoms with E-state index in [1.165, 1.54) is 12.1 Å². The predicted octanol–water partition coefficient (Wildman–Crippen LogP) is 3.54. The lowest BCUT2D eigenvalue weighted by atomic mass is 9.76. The van der Waals surface area contributed by atoms with Gasteiger partial charge in [-0.15, -0.1) is 0 Å². The highest BCUT2D eigenvalue weighted by Gasteiger charge is 2.37. The van der Waals surface area contributed by atoms with Gasteiger partial charge in [0.2, 0.25) is 5.91 Å². The second-order valence-electron chi connectivity index (χ2n) is 5.94. The number of amides is 1. The Balaban J connectivity index is 2.12. The van der Waals surface area contributed by atoms with Crippen LogP contribution in [0.3, 0.4) is 0 Å². The molecule has 2 rings (SSSR count). The van der Waals surface area contributed by atoms with Crippen LogP contribution in [0.5, 0.6) is 0 Å². The monoisotopic (exact) mass is 339 g/mol. The Morgan fingerprint density at radius 1 is 1.26 bits per heavy atom. The first-order chi connectivity index (χ1) is 10.8. The Hall–Kier alpha value is -1.88. The zero-order chi connectivity index (χ0) is 17.1. The average Bonchev–Trinajstić information content (AvgIpc) is 2.48. The summed E-state index contributed by atoms with van der Waals surface area (Å²) in [5.41, 5.74) is 2.25. The first kappa shape index (κ1) is 17.5. The van der Waals surface area contributed by atoms with E-state index in [2.05, 4.69) is 5.32 Å². The Morgan fingerprint density at radius 2 is 1.87 bits per heavy atom. The van der Waals surface area contributed by atoms with Gasteiger partial charge in [-0.1, -0.05) is 28.8 Å². The molecule has 0 spiro atoms. The van der Waals surface area contributed by atoms with E-state index in [0.717, 1.165) is 11.1 Å². The van der Waals surface area contributed by atoms with Crippen LogP contribution in [0.15, 0.2) is 29.3 Å². The summed E-state index contributed by atoms with van der Waals surface area (Å²) in [7, 11) is 0. The molecule has 0 saturated heterocycles. The van der Waals surface area contributed by atoms with Crippen molar-refractivity contribution in [3.05, 3.63) is 45.7 Å². The van der Waals surface area contributed by atoms with Crippen molar-refractivity contribution in [1.82, 2.24) is 5.32 Å². The second kappa shape index (κ2) is 7.13. The number of nitrogens with one attached hydrogen (secondary N) is 1. The van der Waals surface area contributed by atoms with Gasteiger partial charge >= 0.3 is 5.97 Å². The molecule has 0 radical (unpaired) electrons. The minimum atomic E-state index is -0.985. The molecular formula is C17H19ClFNO3. The van der Waals surface area contributed by atoms with Crippen LogP contribution in [0, 0.1) is 17.7 Å². The Kier molecular flexibility index (Phi) is 5.42. The summed E-state index contributed by atoms with van der Waals surface area (Å²) in [6, 6.07) is 4.30. The summed E-state index contributed by atoms with van der Waals surface area (Å²) < 4.78 is 13.7. The van der Waals surface area contributed by atoms with E-state index in [9.17, 15) is 19.1 Å². The number of carbonyl (C=O) groups is 2. The van der Waals surface area contributed by atoms with Crippen molar-refractivity contribution in [2.24, 2.45) is 11.8 Å². The van der Waals surface area contributed by atoms with Crippen molar-refractivity contribution >= 4 is 23.5 Å². The van der Waals surface area contributed by atoms with Gasteiger partial charge in [-0.05, 0) is 38.8 Å². The van der Waals surface area contributed by atoms with Gasteiger partial charge in [0, 0.05) is 17.1 Å². The van der Waals surface area contributed by atoms with Gasteiger partial charge in [-0.3, -0.25) is 9.59 Å². The lowest BCUT2D eigenvalue weighted by Gasteiger charge is -2.29. The molecule has 0 heterocycles. The van der Waals surface area contributed by atoms with Gasteiger partial charge < -0.3 is 10.4 Å². The lowest BCUT2D eigenvalue weighted by molar-refractivity contribution is -0.147. The highest BCUT2D eigenvalue weighted by molar-refractivity contribution is 6.31. The molecule has 0 fully saturated rings. The maximum absolute atomic E-state index is 13.7. The maximum Gasteiger partial charge on any atom is 0.307 e. The van der Waals surface area contributed by atoms with Crippen LogP contribution in [0.2, 0.25) is 5.02 Å². The van der Waals surface area contributed by atoms with E-state index >= 15 is 0 Å². The standard InChI is InChI=1S/C17H19ClFNO3/c1-9-6-11(12(17(22)23)7-10(9)2)16(21)20-8-13-14(18)4-3-5-15(13)19/h3-5,11-12H,6-8H2,1-2H3,(H,20,21)(H,22,23)/t11-,12-/m0/s1. The molecule has 1 aliphatic rings. The Bertz CT molecular complexity index is 652. The Morgan fingerprint density at radius 3 is 2.43 bits per heavy atom. The first-order valence-corrected chi connectivity index (χ1v) is 7.77. The number of carboxylic acids is 1. The molecule has 124 valence electrons. The van der Waals surface area contributed by atoms with Gasteiger partial charge in [0.15, 0.2) is 0 Å². The van der Waals surface area contributed by atoms with Crippen molar-refractivity contribution in [2.75, 3.05) is 0 Å². The van der Waals surface area contributed by atoms with Crippen LogP contribution in [-0.2, 0) is 16.1 Å². The van der Waals surface area contributed by atoms with E-state index in [1.54, 1.807) is 6.07 Å². The molecule has 1 aliphatic carbocycles. The van der Waals surface area contributed by atoms with Crippen LogP contribution >= 0.6 is 11.6 Å². The minimum absolute atomic E-state index is 0.0606. The molecule has 0 bridgehead atoms. The summed E-state index contributed by atoms with van der Waals surface area (Å²) in [6.07, 6.45) is 0.763. The summed E-state index contributed by atoms with van der Waals surface area (Å²) >= 11 is 5.93. The summed E-state index contributed by atoms with van der Waals surface area (Å²) in [4.78, 5) is 23.8. The summed E-state index contributed by atoms with van der Waals surface area (Å²) in [5.74, 6) is -3.27. The number of halogens is 2. The van der Waals surface area contributed by atoms with Gasteiger partial charge in [-0.2, -0.15) is 0 Å². The van der Waals surface area contributed by atoms with Crippen molar-refractivity contribution in [1.29, 1.82) is 0 Å². The molecule has 4 nitrogen and oxygen atoms in total. The van der Waals surface area contributed by atoms with Gasteiger partial charge in [0.1, 0.15) is 5.82 Å². The van der Waals surface area contributed by atoms with Crippen LogP contribution < -0.4 is 5.32 Å². The number of benzene rings is 1. The fourth-order valence-electron chi connectivity index (χ4n) is 2.84. The fraction of sp³-hybridized carbons (Fsp3) is 0.412. The number of carboxylic acid groups (broad SMARTS) is 1. The smallest absolute Gasteiger partial charge is 0.307 e. The third-order valence-corrected chi connectivity index (χ3v) is 4.78. The van der Waals surface area contributed by atoms with Crippen LogP contribution in [0.25, 0.3) is 0 Å². The number of allylic oxidation sites excluding steroid dienone is 2. The quantitative estimate of drug-likeness (QED) is 0.824. The van der Waals surface area contributed by atoms with E-state index < -0.39 is 23.6 Å². The van der Waals surface area contributed by atoms with Crippen molar-refractivity contribution in [3.8, 4) is 0 Å². The number of hydrogen-bond acceptors (Lipinski definition) is 2. The van der Waals surface area contributed by atoms with Crippen molar-refractivity contribution in [3.63, 3.8) is 0 Å². The number of hydrogen-bond donors (Lipinski definition) is 2. The fourth-order valence-corrected chi connectivity index (χ4v) is 3.07. The molecule has 0 saturated carbocycles. The molecule has 1 amide bonds. The molecule has 23 heavy (non-hydrogen) atoms. The minimum Gasteiger partial charge on any atom is -0.481 e. The van der Waals surface area contributed by atoms with Gasteiger partial charge in [0.25, 0.3) is 0 Å².